The van der Waals surface area contributed by atoms with E-state index in [9.17, 15) is 9.90 Å². The number of carbonyl (C=O) groups is 1. The fraction of sp³-hybridized carbons (Fsp3) is 0.400. The monoisotopic (exact) mass is 271 g/mol. The first-order valence-corrected chi connectivity index (χ1v) is 6.71. The zero-order valence-corrected chi connectivity index (χ0v) is 11.6. The van der Waals surface area contributed by atoms with E-state index in [1.807, 2.05) is 36.1 Å². The quantitative estimate of drug-likeness (QED) is 0.907. The normalized spacial score (nSPS) is 22.4. The lowest BCUT2D eigenvalue weighted by Crippen LogP contribution is -2.32. The second-order valence-corrected chi connectivity index (χ2v) is 5.66. The minimum absolute atomic E-state index is 0.482. The summed E-state index contributed by atoms with van der Waals surface area (Å²) in [6.07, 6.45) is 0.635. The van der Waals surface area contributed by atoms with Crippen LogP contribution in [-0.2, 0) is 4.79 Å². The molecule has 0 spiro atoms. The fourth-order valence-electron chi connectivity index (χ4n) is 2.69. The molecule has 0 radical (unpaired) electrons. The standard InChI is InChI=1S/C15H17N3O2/c1-10-13(17-12-6-4-3-5-11(12)16-10)18-8-7-15(2,9-18)14(19)20/h3-6H,7-9H2,1-2H3,(H,19,20). The number of aliphatic carboxylic acids is 1. The molecule has 1 unspecified atom stereocenters. The Morgan fingerprint density at radius 1 is 1.30 bits per heavy atom. The van der Waals surface area contributed by atoms with Gasteiger partial charge in [-0.25, -0.2) is 9.97 Å². The van der Waals surface area contributed by atoms with Gasteiger partial charge in [0.2, 0.25) is 0 Å². The molecule has 2 heterocycles. The van der Waals surface area contributed by atoms with Gasteiger partial charge in [-0.1, -0.05) is 12.1 Å². The first-order valence-electron chi connectivity index (χ1n) is 6.71. The molecular formula is C15H17N3O2. The Morgan fingerprint density at radius 2 is 1.95 bits per heavy atom. The molecule has 1 aromatic carbocycles. The van der Waals surface area contributed by atoms with E-state index in [4.69, 9.17) is 0 Å². The minimum Gasteiger partial charge on any atom is -0.481 e. The molecule has 0 bridgehead atoms. The number of carboxylic acid groups (broad SMARTS) is 1. The molecule has 1 fully saturated rings. The summed E-state index contributed by atoms with van der Waals surface area (Å²) in [7, 11) is 0. The Hall–Kier alpha value is -2.17. The van der Waals surface area contributed by atoms with Crippen molar-refractivity contribution in [2.75, 3.05) is 18.0 Å². The van der Waals surface area contributed by atoms with E-state index in [0.717, 1.165) is 22.5 Å². The molecule has 1 atom stereocenters. The van der Waals surface area contributed by atoms with Crippen molar-refractivity contribution in [1.29, 1.82) is 0 Å². The summed E-state index contributed by atoms with van der Waals surface area (Å²) in [6, 6.07) is 7.73. The third-order valence-electron chi connectivity index (χ3n) is 4.01. The van der Waals surface area contributed by atoms with E-state index in [0.29, 0.717) is 19.5 Å². The number of hydrogen-bond acceptors (Lipinski definition) is 4. The molecular weight excluding hydrogens is 254 g/mol. The molecule has 0 aliphatic carbocycles. The van der Waals surface area contributed by atoms with Gasteiger partial charge in [0.25, 0.3) is 0 Å². The number of aryl methyl sites for hydroxylation is 1. The number of carboxylic acids is 1. The number of nitrogens with zero attached hydrogens (tertiary/aromatic N) is 3. The average Bonchev–Trinajstić information content (AvgIpc) is 2.82. The van der Waals surface area contributed by atoms with Crippen molar-refractivity contribution in [2.24, 2.45) is 5.41 Å². The van der Waals surface area contributed by atoms with Crippen molar-refractivity contribution < 1.29 is 9.90 Å². The maximum Gasteiger partial charge on any atom is 0.311 e. The molecule has 5 nitrogen and oxygen atoms in total. The molecule has 0 amide bonds. The summed E-state index contributed by atoms with van der Waals surface area (Å²) in [5.74, 6) is 0.0556. The summed E-state index contributed by atoms with van der Waals surface area (Å²) in [5, 5.41) is 9.32. The number of hydrogen-bond donors (Lipinski definition) is 1. The lowest BCUT2D eigenvalue weighted by molar-refractivity contribution is -0.146. The van der Waals surface area contributed by atoms with Gasteiger partial charge in [0.05, 0.1) is 22.1 Å². The Labute approximate surface area is 117 Å². The van der Waals surface area contributed by atoms with Crippen LogP contribution >= 0.6 is 0 Å². The van der Waals surface area contributed by atoms with Crippen LogP contribution in [0.3, 0.4) is 0 Å². The third-order valence-corrected chi connectivity index (χ3v) is 4.01. The van der Waals surface area contributed by atoms with E-state index < -0.39 is 11.4 Å². The van der Waals surface area contributed by atoms with Gasteiger partial charge < -0.3 is 10.0 Å². The predicted octanol–water partition coefficient (Wildman–Crippen LogP) is 2.24. The van der Waals surface area contributed by atoms with Crippen molar-refractivity contribution in [3.63, 3.8) is 0 Å². The van der Waals surface area contributed by atoms with Crippen LogP contribution < -0.4 is 4.90 Å². The maximum atomic E-state index is 11.3. The average molecular weight is 271 g/mol. The number of benzene rings is 1. The molecule has 0 saturated carbocycles. The SMILES string of the molecule is Cc1nc2ccccc2nc1N1CCC(C)(C(=O)O)C1. The van der Waals surface area contributed by atoms with Gasteiger partial charge in [0.1, 0.15) is 0 Å². The first kappa shape index (κ1) is 12.8. The highest BCUT2D eigenvalue weighted by atomic mass is 16.4. The molecule has 1 N–H and O–H groups in total. The predicted molar refractivity (Wildman–Crippen MR) is 76.8 cm³/mol. The molecule has 104 valence electrons. The molecule has 5 heteroatoms. The highest BCUT2D eigenvalue weighted by Crippen LogP contribution is 2.34. The smallest absolute Gasteiger partial charge is 0.311 e. The molecule has 20 heavy (non-hydrogen) atoms. The molecule has 1 aromatic heterocycles. The van der Waals surface area contributed by atoms with Crippen LogP contribution in [0.5, 0.6) is 0 Å². The summed E-state index contributed by atoms with van der Waals surface area (Å²) < 4.78 is 0. The highest BCUT2D eigenvalue weighted by molar-refractivity contribution is 5.78. The summed E-state index contributed by atoms with van der Waals surface area (Å²) in [4.78, 5) is 22.6. The number of anilines is 1. The highest BCUT2D eigenvalue weighted by Gasteiger charge is 2.41. The molecule has 3 rings (SSSR count). The summed E-state index contributed by atoms with van der Waals surface area (Å²) >= 11 is 0. The van der Waals surface area contributed by atoms with Crippen molar-refractivity contribution in [3.05, 3.63) is 30.0 Å². The Morgan fingerprint density at radius 3 is 2.55 bits per heavy atom. The van der Waals surface area contributed by atoms with Gasteiger partial charge in [-0.2, -0.15) is 0 Å². The largest absolute Gasteiger partial charge is 0.481 e. The molecule has 1 aliphatic rings. The lowest BCUT2D eigenvalue weighted by atomic mass is 9.90. The van der Waals surface area contributed by atoms with Gasteiger partial charge >= 0.3 is 5.97 Å². The van der Waals surface area contributed by atoms with Gasteiger partial charge in [-0.15, -0.1) is 0 Å². The van der Waals surface area contributed by atoms with Crippen LogP contribution in [0.4, 0.5) is 5.82 Å². The zero-order valence-electron chi connectivity index (χ0n) is 11.6. The Bertz CT molecular complexity index is 686. The number of fused-ring (bicyclic) bond motifs is 1. The van der Waals surface area contributed by atoms with Crippen molar-refractivity contribution in [1.82, 2.24) is 9.97 Å². The van der Waals surface area contributed by atoms with E-state index >= 15 is 0 Å². The Kier molecular flexibility index (Phi) is 2.85. The summed E-state index contributed by atoms with van der Waals surface area (Å²) in [5.41, 5.74) is 1.86. The van der Waals surface area contributed by atoms with Crippen LogP contribution in [-0.4, -0.2) is 34.1 Å². The number of aromatic nitrogens is 2. The number of para-hydroxylation sites is 2. The second kappa shape index (κ2) is 4.44. The van der Waals surface area contributed by atoms with E-state index in [-0.39, 0.29) is 0 Å². The molecule has 1 saturated heterocycles. The van der Waals surface area contributed by atoms with E-state index in [1.54, 1.807) is 6.92 Å². The van der Waals surface area contributed by atoms with Crippen molar-refractivity contribution in [3.8, 4) is 0 Å². The van der Waals surface area contributed by atoms with Crippen molar-refractivity contribution in [2.45, 2.75) is 20.3 Å². The number of rotatable bonds is 2. The van der Waals surface area contributed by atoms with Crippen LogP contribution in [0.15, 0.2) is 24.3 Å². The van der Waals surface area contributed by atoms with E-state index in [2.05, 4.69) is 9.97 Å². The lowest BCUT2D eigenvalue weighted by Gasteiger charge is -2.22. The van der Waals surface area contributed by atoms with Gasteiger partial charge in [0, 0.05) is 13.1 Å². The molecule has 1 aliphatic heterocycles. The van der Waals surface area contributed by atoms with E-state index in [1.165, 1.54) is 0 Å². The third kappa shape index (κ3) is 1.99. The zero-order chi connectivity index (χ0) is 14.3. The fourth-order valence-corrected chi connectivity index (χ4v) is 2.69. The second-order valence-electron chi connectivity index (χ2n) is 5.66. The van der Waals surface area contributed by atoms with Gasteiger partial charge in [-0.3, -0.25) is 4.79 Å². The van der Waals surface area contributed by atoms with Crippen LogP contribution in [0.2, 0.25) is 0 Å². The van der Waals surface area contributed by atoms with Gasteiger partial charge in [-0.05, 0) is 32.4 Å². The summed E-state index contributed by atoms with van der Waals surface area (Å²) in [6.45, 7) is 4.90. The van der Waals surface area contributed by atoms with Crippen LogP contribution in [0.25, 0.3) is 11.0 Å². The Balaban J connectivity index is 1.99. The first-order chi connectivity index (χ1) is 9.49. The van der Waals surface area contributed by atoms with Crippen molar-refractivity contribution >= 4 is 22.8 Å². The van der Waals surface area contributed by atoms with Gasteiger partial charge in [0.15, 0.2) is 5.82 Å². The minimum atomic E-state index is -0.744. The topological polar surface area (TPSA) is 66.3 Å². The molecule has 2 aromatic rings. The van der Waals surface area contributed by atoms with Crippen LogP contribution in [0, 0.1) is 12.3 Å². The van der Waals surface area contributed by atoms with Crippen LogP contribution in [0.1, 0.15) is 19.0 Å². The maximum absolute atomic E-state index is 11.3.